The number of hydrogen-bond acceptors (Lipinski definition) is 1. The fourth-order valence-electron chi connectivity index (χ4n) is 3.86. The molecule has 2 atom stereocenters. The van der Waals surface area contributed by atoms with E-state index in [9.17, 15) is 0 Å². The molecule has 0 spiro atoms. The zero-order valence-corrected chi connectivity index (χ0v) is 12.9. The lowest BCUT2D eigenvalue weighted by Crippen LogP contribution is -2.36. The molecule has 3 rings (SSSR count). The van der Waals surface area contributed by atoms with Crippen LogP contribution < -0.4 is 5.32 Å². The van der Waals surface area contributed by atoms with Gasteiger partial charge in [-0.2, -0.15) is 0 Å². The Morgan fingerprint density at radius 2 is 1.70 bits per heavy atom. The van der Waals surface area contributed by atoms with Crippen molar-refractivity contribution in [2.75, 3.05) is 0 Å². The van der Waals surface area contributed by atoms with E-state index in [1.807, 2.05) is 0 Å². The zero-order valence-electron chi connectivity index (χ0n) is 12.9. The molecular formula is C19H29N. The van der Waals surface area contributed by atoms with Gasteiger partial charge in [0.25, 0.3) is 0 Å². The van der Waals surface area contributed by atoms with E-state index in [0.717, 1.165) is 11.8 Å². The van der Waals surface area contributed by atoms with Gasteiger partial charge < -0.3 is 5.32 Å². The molecule has 0 saturated heterocycles. The molecule has 1 aromatic carbocycles. The first kappa shape index (κ1) is 14.1. The number of rotatable bonds is 6. The lowest BCUT2D eigenvalue weighted by Gasteiger charge is -2.33. The van der Waals surface area contributed by atoms with Crippen molar-refractivity contribution < 1.29 is 0 Å². The van der Waals surface area contributed by atoms with Crippen LogP contribution in [0.2, 0.25) is 0 Å². The van der Waals surface area contributed by atoms with Crippen LogP contribution in [0.25, 0.3) is 0 Å². The monoisotopic (exact) mass is 271 g/mol. The van der Waals surface area contributed by atoms with Gasteiger partial charge in [0.05, 0.1) is 0 Å². The molecule has 1 nitrogen and oxygen atoms in total. The molecule has 0 bridgehead atoms. The normalized spacial score (nSPS) is 23.4. The van der Waals surface area contributed by atoms with Crippen LogP contribution in [0.1, 0.15) is 69.9 Å². The Hall–Kier alpha value is -0.820. The highest BCUT2D eigenvalue weighted by Gasteiger charge is 2.28. The first-order valence-corrected chi connectivity index (χ1v) is 8.64. The molecular weight excluding hydrogens is 242 g/mol. The third-order valence-corrected chi connectivity index (χ3v) is 5.13. The van der Waals surface area contributed by atoms with Crippen molar-refractivity contribution >= 4 is 0 Å². The number of benzene rings is 1. The van der Waals surface area contributed by atoms with Gasteiger partial charge in [0.2, 0.25) is 0 Å². The minimum Gasteiger partial charge on any atom is -0.307 e. The largest absolute Gasteiger partial charge is 0.307 e. The molecule has 1 heteroatoms. The van der Waals surface area contributed by atoms with E-state index in [4.69, 9.17) is 0 Å². The summed E-state index contributed by atoms with van der Waals surface area (Å²) in [6, 6.07) is 12.4. The van der Waals surface area contributed by atoms with Crippen molar-refractivity contribution in [1.29, 1.82) is 0 Å². The Morgan fingerprint density at radius 1 is 1.00 bits per heavy atom. The Labute approximate surface area is 124 Å². The minimum atomic E-state index is 0.574. The van der Waals surface area contributed by atoms with Gasteiger partial charge in [0.1, 0.15) is 0 Å². The van der Waals surface area contributed by atoms with Gasteiger partial charge in [-0.1, -0.05) is 62.4 Å². The predicted molar refractivity (Wildman–Crippen MR) is 85.7 cm³/mol. The first-order valence-electron chi connectivity index (χ1n) is 8.64. The van der Waals surface area contributed by atoms with Gasteiger partial charge in [-0.15, -0.1) is 0 Å². The van der Waals surface area contributed by atoms with Crippen LogP contribution in [0, 0.1) is 11.8 Å². The molecule has 0 radical (unpaired) electrons. The van der Waals surface area contributed by atoms with E-state index in [1.165, 1.54) is 56.9 Å². The van der Waals surface area contributed by atoms with Crippen molar-refractivity contribution in [3.8, 4) is 0 Å². The van der Waals surface area contributed by atoms with E-state index in [1.54, 1.807) is 0 Å². The summed E-state index contributed by atoms with van der Waals surface area (Å²) in [7, 11) is 0. The molecule has 0 aliphatic heterocycles. The Kier molecular flexibility index (Phi) is 4.77. The van der Waals surface area contributed by atoms with Gasteiger partial charge in [0, 0.05) is 12.1 Å². The summed E-state index contributed by atoms with van der Waals surface area (Å²) in [4.78, 5) is 0. The van der Waals surface area contributed by atoms with E-state index in [-0.39, 0.29) is 0 Å². The van der Waals surface area contributed by atoms with Crippen LogP contribution in [-0.4, -0.2) is 6.04 Å². The highest BCUT2D eigenvalue weighted by molar-refractivity contribution is 5.20. The maximum absolute atomic E-state index is 3.97. The number of nitrogens with one attached hydrogen (secondary N) is 1. The van der Waals surface area contributed by atoms with Gasteiger partial charge in [-0.25, -0.2) is 0 Å². The quantitative estimate of drug-likeness (QED) is 0.760. The summed E-state index contributed by atoms with van der Waals surface area (Å²) in [6.07, 6.45) is 11.4. The maximum atomic E-state index is 3.97. The summed E-state index contributed by atoms with van der Waals surface area (Å²) in [5, 5.41) is 3.97. The van der Waals surface area contributed by atoms with E-state index in [0.29, 0.717) is 12.1 Å². The van der Waals surface area contributed by atoms with Crippen molar-refractivity contribution in [2.45, 2.75) is 70.4 Å². The van der Waals surface area contributed by atoms with Crippen LogP contribution in [0.3, 0.4) is 0 Å². The molecule has 110 valence electrons. The lowest BCUT2D eigenvalue weighted by molar-refractivity contribution is 0.251. The van der Waals surface area contributed by atoms with Gasteiger partial charge in [0.15, 0.2) is 0 Å². The topological polar surface area (TPSA) is 12.0 Å². The lowest BCUT2D eigenvalue weighted by atomic mass is 9.80. The number of hydrogen-bond donors (Lipinski definition) is 1. The summed E-state index contributed by atoms with van der Waals surface area (Å²) in [5.41, 5.74) is 1.50. The fourth-order valence-corrected chi connectivity index (χ4v) is 3.86. The highest BCUT2D eigenvalue weighted by atomic mass is 15.0. The van der Waals surface area contributed by atoms with Crippen LogP contribution in [0.4, 0.5) is 0 Å². The smallest absolute Gasteiger partial charge is 0.0350 e. The molecule has 1 N–H and O–H groups in total. The maximum Gasteiger partial charge on any atom is 0.0350 e. The third-order valence-electron chi connectivity index (χ3n) is 5.13. The van der Waals surface area contributed by atoms with Gasteiger partial charge in [-0.05, 0) is 43.6 Å². The molecule has 0 aromatic heterocycles. The van der Waals surface area contributed by atoms with Crippen molar-refractivity contribution in [1.82, 2.24) is 5.32 Å². The van der Waals surface area contributed by atoms with Crippen LogP contribution >= 0.6 is 0 Å². The van der Waals surface area contributed by atoms with Crippen molar-refractivity contribution in [3.63, 3.8) is 0 Å². The second-order valence-corrected chi connectivity index (χ2v) is 7.03. The third kappa shape index (κ3) is 3.85. The Bertz CT molecular complexity index is 389. The van der Waals surface area contributed by atoms with Crippen molar-refractivity contribution in [2.24, 2.45) is 11.8 Å². The van der Waals surface area contributed by atoms with Gasteiger partial charge in [-0.3, -0.25) is 0 Å². The molecule has 2 fully saturated rings. The van der Waals surface area contributed by atoms with E-state index < -0.39 is 0 Å². The zero-order chi connectivity index (χ0) is 13.8. The Balaban J connectivity index is 1.68. The molecule has 2 saturated carbocycles. The summed E-state index contributed by atoms with van der Waals surface area (Å²) in [5.74, 6) is 1.85. The minimum absolute atomic E-state index is 0.574. The predicted octanol–water partition coefficient (Wildman–Crippen LogP) is 5.09. The van der Waals surface area contributed by atoms with Crippen LogP contribution in [-0.2, 0) is 0 Å². The van der Waals surface area contributed by atoms with Crippen molar-refractivity contribution in [3.05, 3.63) is 35.9 Å². The van der Waals surface area contributed by atoms with Gasteiger partial charge >= 0.3 is 0 Å². The summed E-state index contributed by atoms with van der Waals surface area (Å²) < 4.78 is 0. The van der Waals surface area contributed by atoms with E-state index >= 15 is 0 Å². The SMILES string of the molecule is CC(CC1CC1)NC(c1ccccc1)C1CCCCC1. The second kappa shape index (κ2) is 6.76. The van der Waals surface area contributed by atoms with Crippen LogP contribution in [0.5, 0.6) is 0 Å². The average Bonchev–Trinajstić information content (AvgIpc) is 3.30. The standard InChI is InChI=1S/C19H29N/c1-15(14-16-12-13-16)20-19(17-8-4-2-5-9-17)18-10-6-3-7-11-18/h2,4-5,8-9,15-16,18-20H,3,6-7,10-14H2,1H3. The first-order chi connectivity index (χ1) is 9.83. The molecule has 0 amide bonds. The average molecular weight is 271 g/mol. The van der Waals surface area contributed by atoms with Crippen LogP contribution in [0.15, 0.2) is 30.3 Å². The highest BCUT2D eigenvalue weighted by Crippen LogP contribution is 2.37. The fraction of sp³-hybridized carbons (Fsp3) is 0.684. The second-order valence-electron chi connectivity index (χ2n) is 7.03. The molecule has 2 aliphatic rings. The summed E-state index contributed by atoms with van der Waals surface area (Å²) in [6.45, 7) is 2.39. The Morgan fingerprint density at radius 3 is 2.35 bits per heavy atom. The molecule has 2 aliphatic carbocycles. The molecule has 0 heterocycles. The van der Waals surface area contributed by atoms with E-state index in [2.05, 4.69) is 42.6 Å². The molecule has 1 aromatic rings. The molecule has 20 heavy (non-hydrogen) atoms. The summed E-state index contributed by atoms with van der Waals surface area (Å²) >= 11 is 0. The molecule has 2 unspecified atom stereocenters.